The lowest BCUT2D eigenvalue weighted by atomic mass is 10.2. The second kappa shape index (κ2) is 4.87. The molecule has 0 aliphatic heterocycles. The van der Waals surface area contributed by atoms with Gasteiger partial charge in [0, 0.05) is 12.6 Å². The number of carboxylic acids is 1. The minimum atomic E-state index is -1.28. The largest absolute Gasteiger partial charge is 0.478 e. The first-order valence-electron chi connectivity index (χ1n) is 4.28. The quantitative estimate of drug-likeness (QED) is 0.442. The van der Waals surface area contributed by atoms with E-state index in [4.69, 9.17) is 5.11 Å². The van der Waals surface area contributed by atoms with Crippen molar-refractivity contribution in [2.45, 2.75) is 0 Å². The van der Waals surface area contributed by atoms with Crippen LogP contribution < -0.4 is 5.32 Å². The number of hydrogen-bond donors (Lipinski definition) is 2. The molecule has 7 nitrogen and oxygen atoms in total. The summed E-state index contributed by atoms with van der Waals surface area (Å²) in [5.41, 5.74) is -0.599. The van der Waals surface area contributed by atoms with Crippen LogP contribution >= 0.6 is 0 Å². The van der Waals surface area contributed by atoms with Crippen LogP contribution in [0.15, 0.2) is 24.9 Å². The first-order chi connectivity index (χ1) is 7.56. The Balaban J connectivity index is 3.13. The number of nitrogens with zero attached hydrogens (tertiary/aromatic N) is 2. The summed E-state index contributed by atoms with van der Waals surface area (Å²) in [6.07, 6.45) is 2.52. The van der Waals surface area contributed by atoms with Gasteiger partial charge in [0.25, 0.3) is 5.69 Å². The van der Waals surface area contributed by atoms with E-state index in [2.05, 4.69) is 16.9 Å². The molecule has 16 heavy (non-hydrogen) atoms. The molecule has 1 aromatic heterocycles. The molecule has 0 saturated carbocycles. The van der Waals surface area contributed by atoms with E-state index in [1.165, 1.54) is 6.08 Å². The van der Waals surface area contributed by atoms with Crippen molar-refractivity contribution in [2.24, 2.45) is 0 Å². The zero-order chi connectivity index (χ0) is 12.1. The second-order valence-electron chi connectivity index (χ2n) is 2.82. The number of nitrogens with one attached hydrogen (secondary N) is 1. The first-order valence-corrected chi connectivity index (χ1v) is 4.28. The molecule has 1 rings (SSSR count). The zero-order valence-electron chi connectivity index (χ0n) is 8.21. The molecular weight excluding hydrogens is 214 g/mol. The lowest BCUT2D eigenvalue weighted by Crippen LogP contribution is -2.09. The summed E-state index contributed by atoms with van der Waals surface area (Å²) in [7, 11) is 0. The second-order valence-corrected chi connectivity index (χ2v) is 2.82. The van der Waals surface area contributed by atoms with Gasteiger partial charge in [0.1, 0.15) is 17.6 Å². The summed E-state index contributed by atoms with van der Waals surface area (Å²) in [6.45, 7) is 3.77. The molecule has 0 bridgehead atoms. The van der Waals surface area contributed by atoms with Crippen LogP contribution in [-0.4, -0.2) is 27.5 Å². The SMILES string of the molecule is C=CCNc1ncc([N+](=O)[O-])cc1C(=O)O. The molecule has 2 N–H and O–H groups in total. The van der Waals surface area contributed by atoms with Gasteiger partial charge in [-0.2, -0.15) is 0 Å². The molecule has 0 amide bonds. The lowest BCUT2D eigenvalue weighted by Gasteiger charge is -2.05. The molecule has 0 spiro atoms. The number of carboxylic acid groups (broad SMARTS) is 1. The van der Waals surface area contributed by atoms with Crippen LogP contribution in [0.3, 0.4) is 0 Å². The van der Waals surface area contributed by atoms with Crippen LogP contribution in [0, 0.1) is 10.1 Å². The van der Waals surface area contributed by atoms with Gasteiger partial charge in [0.15, 0.2) is 0 Å². The fourth-order valence-electron chi connectivity index (χ4n) is 1.03. The molecule has 0 radical (unpaired) electrons. The van der Waals surface area contributed by atoms with Gasteiger partial charge in [0.05, 0.1) is 4.92 Å². The van der Waals surface area contributed by atoms with Crippen LogP contribution in [0.1, 0.15) is 10.4 Å². The molecule has 7 heteroatoms. The van der Waals surface area contributed by atoms with E-state index in [0.29, 0.717) is 6.54 Å². The molecule has 0 saturated heterocycles. The number of rotatable bonds is 5. The van der Waals surface area contributed by atoms with E-state index in [1.54, 1.807) is 0 Å². The Bertz CT molecular complexity index is 444. The van der Waals surface area contributed by atoms with Gasteiger partial charge in [-0.1, -0.05) is 6.08 Å². The van der Waals surface area contributed by atoms with Gasteiger partial charge in [-0.15, -0.1) is 6.58 Å². The number of nitro groups is 1. The topological polar surface area (TPSA) is 105 Å². The summed E-state index contributed by atoms with van der Waals surface area (Å²) in [6, 6.07) is 0.959. The van der Waals surface area contributed by atoms with Crippen LogP contribution in [0.4, 0.5) is 11.5 Å². The van der Waals surface area contributed by atoms with Crippen molar-refractivity contribution < 1.29 is 14.8 Å². The van der Waals surface area contributed by atoms with Crippen molar-refractivity contribution >= 4 is 17.5 Å². The van der Waals surface area contributed by atoms with Crippen molar-refractivity contribution in [3.8, 4) is 0 Å². The van der Waals surface area contributed by atoms with Crippen molar-refractivity contribution in [1.29, 1.82) is 0 Å². The van der Waals surface area contributed by atoms with Crippen molar-refractivity contribution in [3.05, 3.63) is 40.6 Å². The molecule has 0 unspecified atom stereocenters. The average Bonchev–Trinajstić information content (AvgIpc) is 2.25. The van der Waals surface area contributed by atoms with E-state index in [-0.39, 0.29) is 17.1 Å². The van der Waals surface area contributed by atoms with Gasteiger partial charge in [-0.25, -0.2) is 9.78 Å². The molecular formula is C9H9N3O4. The van der Waals surface area contributed by atoms with E-state index < -0.39 is 10.9 Å². The summed E-state index contributed by atoms with van der Waals surface area (Å²) in [5, 5.41) is 22.0. The van der Waals surface area contributed by atoms with Crippen LogP contribution in [0.5, 0.6) is 0 Å². The Labute approximate surface area is 90.6 Å². The fourth-order valence-corrected chi connectivity index (χ4v) is 1.03. The van der Waals surface area contributed by atoms with E-state index >= 15 is 0 Å². The van der Waals surface area contributed by atoms with Gasteiger partial charge in [-0.3, -0.25) is 10.1 Å². The molecule has 1 aromatic rings. The minimum Gasteiger partial charge on any atom is -0.478 e. The number of hydrogen-bond acceptors (Lipinski definition) is 5. The van der Waals surface area contributed by atoms with Crippen LogP contribution in [0.2, 0.25) is 0 Å². The first kappa shape index (κ1) is 11.6. The summed E-state index contributed by atoms with van der Waals surface area (Å²) < 4.78 is 0. The monoisotopic (exact) mass is 223 g/mol. The van der Waals surface area contributed by atoms with Crippen molar-refractivity contribution in [2.75, 3.05) is 11.9 Å². The average molecular weight is 223 g/mol. The Hall–Kier alpha value is -2.44. The third-order valence-corrected chi connectivity index (χ3v) is 1.73. The zero-order valence-corrected chi connectivity index (χ0v) is 8.21. The Morgan fingerprint density at radius 1 is 1.75 bits per heavy atom. The Kier molecular flexibility index (Phi) is 3.54. The lowest BCUT2D eigenvalue weighted by molar-refractivity contribution is -0.385. The van der Waals surface area contributed by atoms with Gasteiger partial charge in [-0.05, 0) is 0 Å². The van der Waals surface area contributed by atoms with Gasteiger partial charge < -0.3 is 10.4 Å². The smallest absolute Gasteiger partial charge is 0.339 e. The number of aromatic carboxylic acids is 1. The number of aromatic nitrogens is 1. The molecule has 0 atom stereocenters. The van der Waals surface area contributed by atoms with Crippen molar-refractivity contribution in [3.63, 3.8) is 0 Å². The van der Waals surface area contributed by atoms with Crippen LogP contribution in [0.25, 0.3) is 0 Å². The number of carbonyl (C=O) groups is 1. The summed E-state index contributed by atoms with van der Waals surface area (Å²) >= 11 is 0. The normalized spacial score (nSPS) is 9.50. The maximum Gasteiger partial charge on any atom is 0.339 e. The van der Waals surface area contributed by atoms with E-state index in [0.717, 1.165) is 12.3 Å². The highest BCUT2D eigenvalue weighted by Crippen LogP contribution is 2.18. The minimum absolute atomic E-state index is 0.0815. The highest BCUT2D eigenvalue weighted by Gasteiger charge is 2.16. The number of anilines is 1. The van der Waals surface area contributed by atoms with Gasteiger partial charge >= 0.3 is 5.97 Å². The maximum atomic E-state index is 10.8. The van der Waals surface area contributed by atoms with Crippen molar-refractivity contribution in [1.82, 2.24) is 4.98 Å². The molecule has 0 fully saturated rings. The molecule has 0 aliphatic rings. The fraction of sp³-hybridized carbons (Fsp3) is 0.111. The highest BCUT2D eigenvalue weighted by atomic mass is 16.6. The Morgan fingerprint density at radius 3 is 2.94 bits per heavy atom. The Morgan fingerprint density at radius 2 is 2.44 bits per heavy atom. The molecule has 0 aromatic carbocycles. The van der Waals surface area contributed by atoms with E-state index in [9.17, 15) is 14.9 Å². The predicted molar refractivity (Wildman–Crippen MR) is 56.5 cm³/mol. The maximum absolute atomic E-state index is 10.8. The van der Waals surface area contributed by atoms with E-state index in [1.807, 2.05) is 0 Å². The molecule has 84 valence electrons. The third kappa shape index (κ3) is 2.53. The third-order valence-electron chi connectivity index (χ3n) is 1.73. The molecule has 0 aliphatic carbocycles. The van der Waals surface area contributed by atoms with Gasteiger partial charge in [0.2, 0.25) is 0 Å². The summed E-state index contributed by atoms with van der Waals surface area (Å²) in [5.74, 6) is -1.19. The summed E-state index contributed by atoms with van der Waals surface area (Å²) in [4.78, 5) is 24.2. The van der Waals surface area contributed by atoms with Crippen LogP contribution in [-0.2, 0) is 0 Å². The highest BCUT2D eigenvalue weighted by molar-refractivity contribution is 5.93. The standard InChI is InChI=1S/C9H9N3O4/c1-2-3-10-8-7(9(13)14)4-6(5-11-8)12(15)16/h2,4-5H,1,3H2,(H,10,11)(H,13,14). The predicted octanol–water partition coefficient (Wildman–Crippen LogP) is 1.29. The molecule has 1 heterocycles. The number of pyridine rings is 1.